The topological polar surface area (TPSA) is 40.5 Å². The van der Waals surface area contributed by atoms with E-state index in [9.17, 15) is 9.90 Å². The third-order valence-electron chi connectivity index (χ3n) is 4.85. The van der Waals surface area contributed by atoms with Gasteiger partial charge in [0.05, 0.1) is 5.41 Å². The summed E-state index contributed by atoms with van der Waals surface area (Å²) in [5.41, 5.74) is -0.511. The average Bonchev–Trinajstić information content (AvgIpc) is 2.77. The molecule has 0 amide bonds. The number of piperidine rings is 1. The summed E-state index contributed by atoms with van der Waals surface area (Å²) < 4.78 is 0. The lowest BCUT2D eigenvalue weighted by Crippen LogP contribution is -2.49. The van der Waals surface area contributed by atoms with Gasteiger partial charge in [-0.3, -0.25) is 9.69 Å². The summed E-state index contributed by atoms with van der Waals surface area (Å²) in [7, 11) is 0. The van der Waals surface area contributed by atoms with Crippen LogP contribution in [-0.4, -0.2) is 35.1 Å². The third-order valence-corrected chi connectivity index (χ3v) is 4.85. The van der Waals surface area contributed by atoms with Gasteiger partial charge < -0.3 is 5.11 Å². The van der Waals surface area contributed by atoms with Gasteiger partial charge in [0.15, 0.2) is 0 Å². The number of carboxylic acids is 1. The van der Waals surface area contributed by atoms with Crippen molar-refractivity contribution in [2.24, 2.45) is 11.3 Å². The van der Waals surface area contributed by atoms with E-state index in [1.165, 1.54) is 25.7 Å². The van der Waals surface area contributed by atoms with E-state index in [0.29, 0.717) is 6.04 Å². The molecule has 1 heterocycles. The number of likely N-dealkylation sites (tertiary alicyclic amines) is 1. The first-order valence-electron chi connectivity index (χ1n) is 7.02. The van der Waals surface area contributed by atoms with Crippen LogP contribution in [0.2, 0.25) is 0 Å². The molecule has 3 atom stereocenters. The van der Waals surface area contributed by atoms with Gasteiger partial charge in [-0.2, -0.15) is 0 Å². The van der Waals surface area contributed by atoms with Crippen molar-refractivity contribution < 1.29 is 9.90 Å². The minimum atomic E-state index is -0.618. The van der Waals surface area contributed by atoms with Gasteiger partial charge in [-0.25, -0.2) is 0 Å². The maximum Gasteiger partial charge on any atom is 0.310 e. The minimum Gasteiger partial charge on any atom is -0.481 e. The molecule has 98 valence electrons. The van der Waals surface area contributed by atoms with E-state index in [4.69, 9.17) is 0 Å². The van der Waals surface area contributed by atoms with Crippen LogP contribution in [0.3, 0.4) is 0 Å². The Bertz CT molecular complexity index is 292. The number of carboxylic acid groups (broad SMARTS) is 1. The van der Waals surface area contributed by atoms with Crippen LogP contribution in [0.15, 0.2) is 0 Å². The molecule has 0 aromatic carbocycles. The summed E-state index contributed by atoms with van der Waals surface area (Å²) in [4.78, 5) is 13.8. The molecule has 3 unspecified atom stereocenters. The lowest BCUT2D eigenvalue weighted by molar-refractivity contribution is -0.151. The van der Waals surface area contributed by atoms with Crippen LogP contribution in [0.1, 0.15) is 52.4 Å². The first-order valence-corrected chi connectivity index (χ1v) is 7.02. The van der Waals surface area contributed by atoms with Crippen LogP contribution in [0.4, 0.5) is 0 Å². The molecule has 3 nitrogen and oxygen atoms in total. The van der Waals surface area contributed by atoms with Crippen LogP contribution < -0.4 is 0 Å². The third kappa shape index (κ3) is 2.65. The Morgan fingerprint density at radius 3 is 2.82 bits per heavy atom. The summed E-state index contributed by atoms with van der Waals surface area (Å²) in [6.07, 6.45) is 7.04. The molecule has 2 fully saturated rings. The zero-order valence-electron chi connectivity index (χ0n) is 11.1. The second kappa shape index (κ2) is 4.97. The van der Waals surface area contributed by atoms with E-state index in [-0.39, 0.29) is 0 Å². The largest absolute Gasteiger partial charge is 0.481 e. The molecule has 0 spiro atoms. The molecule has 17 heavy (non-hydrogen) atoms. The number of rotatable bonds is 3. The zero-order chi connectivity index (χ0) is 12.5. The van der Waals surface area contributed by atoms with Crippen molar-refractivity contribution in [2.45, 2.75) is 58.4 Å². The highest BCUT2D eigenvalue weighted by Gasteiger charge is 2.41. The fourth-order valence-corrected chi connectivity index (χ4v) is 3.52. The number of aliphatic carboxylic acids is 1. The monoisotopic (exact) mass is 239 g/mol. The Hall–Kier alpha value is -0.570. The Morgan fingerprint density at radius 2 is 2.24 bits per heavy atom. The molecule has 0 bridgehead atoms. The Balaban J connectivity index is 1.96. The lowest BCUT2D eigenvalue weighted by atomic mass is 9.81. The fourth-order valence-electron chi connectivity index (χ4n) is 3.52. The molecule has 0 aromatic heterocycles. The van der Waals surface area contributed by atoms with Gasteiger partial charge in [-0.15, -0.1) is 0 Å². The van der Waals surface area contributed by atoms with E-state index < -0.39 is 11.4 Å². The van der Waals surface area contributed by atoms with Crippen molar-refractivity contribution in [1.82, 2.24) is 4.90 Å². The predicted molar refractivity (Wildman–Crippen MR) is 68.0 cm³/mol. The Labute approximate surface area is 104 Å². The van der Waals surface area contributed by atoms with Gasteiger partial charge >= 0.3 is 5.97 Å². The van der Waals surface area contributed by atoms with E-state index in [0.717, 1.165) is 31.8 Å². The zero-order valence-corrected chi connectivity index (χ0v) is 11.1. The first kappa shape index (κ1) is 12.9. The highest BCUT2D eigenvalue weighted by molar-refractivity contribution is 5.74. The minimum absolute atomic E-state index is 0.511. The van der Waals surface area contributed by atoms with Crippen LogP contribution in [0.25, 0.3) is 0 Å². The number of carbonyl (C=O) groups is 1. The molecule has 1 aliphatic heterocycles. The maximum atomic E-state index is 11.3. The number of hydrogen-bond acceptors (Lipinski definition) is 2. The van der Waals surface area contributed by atoms with E-state index in [1.807, 2.05) is 6.92 Å². The molecule has 1 aliphatic carbocycles. The second-order valence-corrected chi connectivity index (χ2v) is 6.18. The maximum absolute atomic E-state index is 11.3. The quantitative estimate of drug-likeness (QED) is 0.823. The van der Waals surface area contributed by atoms with E-state index in [1.54, 1.807) is 0 Å². The number of nitrogens with zero attached hydrogens (tertiary/aromatic N) is 1. The van der Waals surface area contributed by atoms with Gasteiger partial charge in [-0.05, 0) is 51.5 Å². The van der Waals surface area contributed by atoms with Crippen molar-refractivity contribution in [1.29, 1.82) is 0 Å². The van der Waals surface area contributed by atoms with E-state index >= 15 is 0 Å². The average molecular weight is 239 g/mol. The molecule has 0 radical (unpaired) electrons. The molecule has 2 rings (SSSR count). The van der Waals surface area contributed by atoms with Crippen molar-refractivity contribution in [2.75, 3.05) is 13.1 Å². The summed E-state index contributed by atoms with van der Waals surface area (Å²) >= 11 is 0. The highest BCUT2D eigenvalue weighted by Crippen LogP contribution is 2.37. The van der Waals surface area contributed by atoms with Gasteiger partial charge in [-0.1, -0.05) is 13.3 Å². The van der Waals surface area contributed by atoms with Gasteiger partial charge in [0.2, 0.25) is 0 Å². The van der Waals surface area contributed by atoms with Crippen LogP contribution in [0.5, 0.6) is 0 Å². The van der Waals surface area contributed by atoms with Crippen molar-refractivity contribution >= 4 is 5.97 Å². The molecule has 3 heteroatoms. The standard InChI is InChI=1S/C14H25NO2/c1-3-11-5-6-12(9-11)15-8-4-7-14(2,10-15)13(16)17/h11-12H,3-10H2,1-2H3,(H,16,17). The lowest BCUT2D eigenvalue weighted by Gasteiger charge is -2.40. The Kier molecular flexibility index (Phi) is 3.76. The Morgan fingerprint density at radius 1 is 1.47 bits per heavy atom. The normalized spacial score (nSPS) is 39.4. The summed E-state index contributed by atoms with van der Waals surface area (Å²) in [6.45, 7) is 6.03. The summed E-state index contributed by atoms with van der Waals surface area (Å²) in [6, 6.07) is 0.652. The number of hydrogen-bond donors (Lipinski definition) is 1. The second-order valence-electron chi connectivity index (χ2n) is 6.18. The fraction of sp³-hybridized carbons (Fsp3) is 0.929. The van der Waals surface area contributed by atoms with Crippen LogP contribution in [0, 0.1) is 11.3 Å². The molecule has 1 saturated heterocycles. The molecular weight excluding hydrogens is 214 g/mol. The van der Waals surface area contributed by atoms with Gasteiger partial charge in [0.25, 0.3) is 0 Å². The van der Waals surface area contributed by atoms with Gasteiger partial charge in [0.1, 0.15) is 0 Å². The summed E-state index contributed by atoms with van der Waals surface area (Å²) in [5, 5.41) is 9.33. The van der Waals surface area contributed by atoms with Crippen LogP contribution in [-0.2, 0) is 4.79 Å². The molecule has 2 aliphatic rings. The SMILES string of the molecule is CCC1CCC(N2CCCC(C)(C(=O)O)C2)C1. The van der Waals surface area contributed by atoms with Crippen molar-refractivity contribution in [3.8, 4) is 0 Å². The highest BCUT2D eigenvalue weighted by atomic mass is 16.4. The van der Waals surface area contributed by atoms with Gasteiger partial charge in [0, 0.05) is 12.6 Å². The van der Waals surface area contributed by atoms with Crippen molar-refractivity contribution in [3.63, 3.8) is 0 Å². The molecular formula is C14H25NO2. The predicted octanol–water partition coefficient (Wildman–Crippen LogP) is 2.75. The molecule has 1 N–H and O–H groups in total. The molecule has 1 saturated carbocycles. The smallest absolute Gasteiger partial charge is 0.310 e. The van der Waals surface area contributed by atoms with Crippen LogP contribution >= 0.6 is 0 Å². The summed E-state index contributed by atoms with van der Waals surface area (Å²) in [5.74, 6) is 0.255. The van der Waals surface area contributed by atoms with Crippen molar-refractivity contribution in [3.05, 3.63) is 0 Å². The first-order chi connectivity index (χ1) is 8.05. The molecule has 0 aromatic rings. The van der Waals surface area contributed by atoms with E-state index in [2.05, 4.69) is 11.8 Å².